The summed E-state index contributed by atoms with van der Waals surface area (Å²) in [4.78, 5) is 22.0. The highest BCUT2D eigenvalue weighted by Gasteiger charge is 2.13. The van der Waals surface area contributed by atoms with E-state index >= 15 is 0 Å². The molecule has 21 heavy (non-hydrogen) atoms. The lowest BCUT2D eigenvalue weighted by atomic mass is 10.1. The molecule has 0 bridgehead atoms. The van der Waals surface area contributed by atoms with Gasteiger partial charge in [-0.05, 0) is 31.5 Å². The summed E-state index contributed by atoms with van der Waals surface area (Å²) in [5.41, 5.74) is 0.736. The molecule has 0 aliphatic heterocycles. The van der Waals surface area contributed by atoms with Crippen LogP contribution in [-0.2, 0) is 11.2 Å². The lowest BCUT2D eigenvalue weighted by Gasteiger charge is -2.11. The van der Waals surface area contributed by atoms with E-state index in [0.29, 0.717) is 5.76 Å². The Morgan fingerprint density at radius 2 is 1.95 bits per heavy atom. The van der Waals surface area contributed by atoms with Crippen LogP contribution < -0.4 is 5.32 Å². The first-order chi connectivity index (χ1) is 9.95. The molecular weight excluding hydrogens is 272 g/mol. The maximum atomic E-state index is 11.9. The number of hydrogen-bond donors (Lipinski definition) is 1. The van der Waals surface area contributed by atoms with Crippen LogP contribution in [0.4, 0.5) is 5.69 Å². The third-order valence-electron chi connectivity index (χ3n) is 3.08. The smallest absolute Gasteiger partial charge is 0.269 e. The minimum absolute atomic E-state index is 0.0126. The van der Waals surface area contributed by atoms with Gasteiger partial charge in [0.15, 0.2) is 0 Å². The third kappa shape index (κ3) is 3.92. The number of benzene rings is 1. The molecule has 1 unspecified atom stereocenters. The topological polar surface area (TPSA) is 85.4 Å². The van der Waals surface area contributed by atoms with Gasteiger partial charge in [0, 0.05) is 12.1 Å². The van der Waals surface area contributed by atoms with Crippen LogP contribution in [0.5, 0.6) is 0 Å². The molecule has 1 amide bonds. The largest absolute Gasteiger partial charge is 0.464 e. The van der Waals surface area contributed by atoms with Crippen LogP contribution in [0.3, 0.4) is 0 Å². The summed E-state index contributed by atoms with van der Waals surface area (Å²) in [6.45, 7) is 3.68. The highest BCUT2D eigenvalue weighted by molar-refractivity contribution is 5.79. The molecule has 1 heterocycles. The maximum absolute atomic E-state index is 11.9. The second-order valence-corrected chi connectivity index (χ2v) is 4.84. The zero-order chi connectivity index (χ0) is 15.4. The molecule has 0 saturated carbocycles. The number of hydrogen-bond acceptors (Lipinski definition) is 4. The Morgan fingerprint density at radius 1 is 1.29 bits per heavy atom. The zero-order valence-corrected chi connectivity index (χ0v) is 11.8. The molecule has 0 fully saturated rings. The molecule has 0 saturated heterocycles. The van der Waals surface area contributed by atoms with Gasteiger partial charge in [-0.1, -0.05) is 12.1 Å². The maximum Gasteiger partial charge on any atom is 0.269 e. The van der Waals surface area contributed by atoms with E-state index in [1.54, 1.807) is 12.1 Å². The zero-order valence-electron chi connectivity index (χ0n) is 11.8. The molecule has 0 spiro atoms. The van der Waals surface area contributed by atoms with Crippen LogP contribution in [-0.4, -0.2) is 10.8 Å². The highest BCUT2D eigenvalue weighted by atomic mass is 16.6. The van der Waals surface area contributed by atoms with Gasteiger partial charge in [0.2, 0.25) is 5.91 Å². The lowest BCUT2D eigenvalue weighted by Crippen LogP contribution is -2.27. The predicted octanol–water partition coefficient (Wildman–Crippen LogP) is 2.92. The lowest BCUT2D eigenvalue weighted by molar-refractivity contribution is -0.384. The Balaban J connectivity index is 1.93. The van der Waals surface area contributed by atoms with E-state index in [0.717, 1.165) is 11.3 Å². The number of non-ortho nitro benzene ring substituents is 1. The fourth-order valence-electron chi connectivity index (χ4n) is 1.97. The molecule has 1 atom stereocenters. The summed E-state index contributed by atoms with van der Waals surface area (Å²) >= 11 is 0. The van der Waals surface area contributed by atoms with Crippen molar-refractivity contribution in [1.82, 2.24) is 5.32 Å². The molecule has 1 N–H and O–H groups in total. The summed E-state index contributed by atoms with van der Waals surface area (Å²) in [6, 6.07) is 9.40. The van der Waals surface area contributed by atoms with Crippen molar-refractivity contribution in [3.8, 4) is 0 Å². The van der Waals surface area contributed by atoms with Gasteiger partial charge in [0.05, 0.1) is 17.4 Å². The fraction of sp³-hybridized carbons (Fsp3) is 0.267. The van der Waals surface area contributed by atoms with E-state index in [1.807, 2.05) is 26.0 Å². The van der Waals surface area contributed by atoms with Crippen molar-refractivity contribution >= 4 is 11.6 Å². The number of nitro benzene ring substituents is 1. The molecule has 0 aliphatic rings. The first-order valence-corrected chi connectivity index (χ1v) is 6.54. The average Bonchev–Trinajstić information content (AvgIpc) is 2.86. The number of carbonyl (C=O) groups excluding carboxylic acids is 1. The number of rotatable bonds is 5. The van der Waals surface area contributed by atoms with Crippen molar-refractivity contribution in [2.45, 2.75) is 26.3 Å². The van der Waals surface area contributed by atoms with Gasteiger partial charge in [0.25, 0.3) is 5.69 Å². The molecular formula is C15H16N2O4. The number of nitrogens with zero attached hydrogens (tertiary/aromatic N) is 1. The molecule has 6 heteroatoms. The number of nitro groups is 1. The van der Waals surface area contributed by atoms with Crippen molar-refractivity contribution < 1.29 is 14.1 Å². The monoisotopic (exact) mass is 288 g/mol. The molecule has 1 aromatic carbocycles. The van der Waals surface area contributed by atoms with Crippen LogP contribution in [0.15, 0.2) is 40.8 Å². The van der Waals surface area contributed by atoms with Gasteiger partial charge in [0.1, 0.15) is 11.5 Å². The molecule has 6 nitrogen and oxygen atoms in total. The van der Waals surface area contributed by atoms with Gasteiger partial charge in [-0.3, -0.25) is 14.9 Å². The highest BCUT2D eigenvalue weighted by Crippen LogP contribution is 2.16. The first-order valence-electron chi connectivity index (χ1n) is 6.54. The van der Waals surface area contributed by atoms with E-state index in [-0.39, 0.29) is 24.1 Å². The normalized spacial score (nSPS) is 11.9. The summed E-state index contributed by atoms with van der Waals surface area (Å²) in [5, 5.41) is 13.4. The SMILES string of the molecule is Cc1ccc(C(C)NC(=O)Cc2ccc([N+](=O)[O-])cc2)o1. The van der Waals surface area contributed by atoms with E-state index in [1.165, 1.54) is 12.1 Å². The molecule has 2 rings (SSSR count). The minimum Gasteiger partial charge on any atom is -0.464 e. The quantitative estimate of drug-likeness (QED) is 0.677. The van der Waals surface area contributed by atoms with E-state index < -0.39 is 4.92 Å². The van der Waals surface area contributed by atoms with E-state index in [9.17, 15) is 14.9 Å². The van der Waals surface area contributed by atoms with Crippen LogP contribution in [0.25, 0.3) is 0 Å². The van der Waals surface area contributed by atoms with Crippen molar-refractivity contribution in [3.05, 3.63) is 63.6 Å². The van der Waals surface area contributed by atoms with Gasteiger partial charge in [-0.15, -0.1) is 0 Å². The van der Waals surface area contributed by atoms with Gasteiger partial charge >= 0.3 is 0 Å². The van der Waals surface area contributed by atoms with Crippen molar-refractivity contribution in [2.24, 2.45) is 0 Å². The Bertz CT molecular complexity index is 646. The summed E-state index contributed by atoms with van der Waals surface area (Å²) in [6.07, 6.45) is 0.169. The minimum atomic E-state index is -0.467. The van der Waals surface area contributed by atoms with E-state index in [4.69, 9.17) is 4.42 Å². The molecule has 0 aliphatic carbocycles. The number of amides is 1. The first kappa shape index (κ1) is 14.8. The standard InChI is InChI=1S/C15H16N2O4/c1-10-3-8-14(21-10)11(2)16-15(18)9-12-4-6-13(7-5-12)17(19)20/h3-8,11H,9H2,1-2H3,(H,16,18). The summed E-state index contributed by atoms with van der Waals surface area (Å²) in [7, 11) is 0. The number of carbonyl (C=O) groups is 1. The summed E-state index contributed by atoms with van der Waals surface area (Å²) in [5.74, 6) is 1.33. The van der Waals surface area contributed by atoms with Crippen molar-refractivity contribution in [3.63, 3.8) is 0 Å². The number of aryl methyl sites for hydroxylation is 1. The third-order valence-corrected chi connectivity index (χ3v) is 3.08. The Kier molecular flexibility index (Phi) is 4.37. The number of nitrogens with one attached hydrogen (secondary N) is 1. The summed E-state index contributed by atoms with van der Waals surface area (Å²) < 4.78 is 5.45. The molecule has 110 valence electrons. The van der Waals surface area contributed by atoms with Crippen molar-refractivity contribution in [1.29, 1.82) is 0 Å². The van der Waals surface area contributed by atoms with Crippen LogP contribution in [0, 0.1) is 17.0 Å². The Hall–Kier alpha value is -2.63. The van der Waals surface area contributed by atoms with E-state index in [2.05, 4.69) is 5.32 Å². The van der Waals surface area contributed by atoms with Crippen LogP contribution in [0.1, 0.15) is 30.0 Å². The van der Waals surface area contributed by atoms with Gasteiger partial charge < -0.3 is 9.73 Å². The van der Waals surface area contributed by atoms with Crippen molar-refractivity contribution in [2.75, 3.05) is 0 Å². The second-order valence-electron chi connectivity index (χ2n) is 4.84. The molecule has 0 radical (unpaired) electrons. The molecule has 1 aromatic heterocycles. The molecule has 2 aromatic rings. The van der Waals surface area contributed by atoms with Gasteiger partial charge in [-0.2, -0.15) is 0 Å². The predicted molar refractivity (Wildman–Crippen MR) is 76.8 cm³/mol. The average molecular weight is 288 g/mol. The van der Waals surface area contributed by atoms with Gasteiger partial charge in [-0.25, -0.2) is 0 Å². The van der Waals surface area contributed by atoms with Crippen LogP contribution in [0.2, 0.25) is 0 Å². The number of furan rings is 1. The Morgan fingerprint density at radius 3 is 2.48 bits per heavy atom. The Labute approximate surface area is 121 Å². The second kappa shape index (κ2) is 6.21. The fourth-order valence-corrected chi connectivity index (χ4v) is 1.97. The van der Waals surface area contributed by atoms with Crippen LogP contribution >= 0.6 is 0 Å².